The molecule has 0 radical (unpaired) electrons. The number of nitriles is 1. The molecule has 6 heteroatoms. The number of methoxy groups -OCH3 is 2. The van der Waals surface area contributed by atoms with Gasteiger partial charge in [-0.15, -0.1) is 0 Å². The van der Waals surface area contributed by atoms with E-state index < -0.39 is 0 Å². The molecule has 2 aromatic carbocycles. The molecule has 0 saturated carbocycles. The number of nitrogens with zero attached hydrogens (tertiary/aromatic N) is 2. The number of benzene rings is 2. The normalized spacial score (nSPS) is 19.9. The molecule has 33 heavy (non-hydrogen) atoms. The molecular weight excluding hydrogens is 414 g/mol. The molecule has 0 saturated heterocycles. The van der Waals surface area contributed by atoms with E-state index in [-0.39, 0.29) is 11.8 Å². The minimum Gasteiger partial charge on any atom is -0.497 e. The molecule has 4 rings (SSSR count). The Morgan fingerprint density at radius 1 is 1.03 bits per heavy atom. The zero-order chi connectivity index (χ0) is 23.5. The summed E-state index contributed by atoms with van der Waals surface area (Å²) < 4.78 is 16.7. The third-order valence-electron chi connectivity index (χ3n) is 6.20. The van der Waals surface area contributed by atoms with Crippen molar-refractivity contribution in [2.24, 2.45) is 5.73 Å². The first-order valence-electron chi connectivity index (χ1n) is 11.0. The average Bonchev–Trinajstić information content (AvgIpc) is 2.84. The Labute approximate surface area is 195 Å². The van der Waals surface area contributed by atoms with Crippen LogP contribution in [0.3, 0.4) is 0 Å². The van der Waals surface area contributed by atoms with Gasteiger partial charge in [-0.25, -0.2) is 0 Å². The maximum Gasteiger partial charge on any atom is 0.205 e. The van der Waals surface area contributed by atoms with Crippen LogP contribution in [-0.4, -0.2) is 38.3 Å². The van der Waals surface area contributed by atoms with Crippen LogP contribution >= 0.6 is 0 Å². The predicted molar refractivity (Wildman–Crippen MR) is 128 cm³/mol. The van der Waals surface area contributed by atoms with Crippen LogP contribution in [0.2, 0.25) is 0 Å². The van der Waals surface area contributed by atoms with Gasteiger partial charge in [0.1, 0.15) is 28.9 Å². The fraction of sp³-hybridized carbons (Fsp3) is 0.296. The fourth-order valence-corrected chi connectivity index (χ4v) is 4.34. The molecule has 6 nitrogen and oxygen atoms in total. The van der Waals surface area contributed by atoms with Gasteiger partial charge >= 0.3 is 0 Å². The number of ether oxygens (including phenoxy) is 3. The molecule has 2 heterocycles. The van der Waals surface area contributed by atoms with Gasteiger partial charge in [0, 0.05) is 24.7 Å². The zero-order valence-corrected chi connectivity index (χ0v) is 19.5. The first-order chi connectivity index (χ1) is 15.9. The van der Waals surface area contributed by atoms with Crippen LogP contribution in [0.5, 0.6) is 11.5 Å². The van der Waals surface area contributed by atoms with Crippen LogP contribution in [0, 0.1) is 11.3 Å². The van der Waals surface area contributed by atoms with Gasteiger partial charge in [0.2, 0.25) is 5.88 Å². The lowest BCUT2D eigenvalue weighted by atomic mass is 9.80. The monoisotopic (exact) mass is 443 g/mol. The molecule has 0 fully saturated rings. The molecule has 2 aliphatic rings. The number of rotatable bonds is 5. The van der Waals surface area contributed by atoms with Crippen molar-refractivity contribution in [1.82, 2.24) is 4.90 Å². The average molecular weight is 444 g/mol. The van der Waals surface area contributed by atoms with E-state index >= 15 is 0 Å². The highest BCUT2D eigenvalue weighted by atomic mass is 16.5. The molecule has 0 bridgehead atoms. The third kappa shape index (κ3) is 4.46. The molecule has 2 N–H and O–H groups in total. The number of nitrogens with two attached hydrogens (primary N) is 1. The van der Waals surface area contributed by atoms with Crippen molar-refractivity contribution in [3.05, 3.63) is 88.0 Å². The molecule has 2 aromatic rings. The van der Waals surface area contributed by atoms with Crippen LogP contribution in [0.1, 0.15) is 30.9 Å². The van der Waals surface area contributed by atoms with E-state index in [9.17, 15) is 5.26 Å². The van der Waals surface area contributed by atoms with Crippen LogP contribution in [0.4, 0.5) is 0 Å². The SMILES string of the molecule is COc1ccc(/C=C2\CN(C(C)C)CC3=C2OC(N)=C(C#N)C3c2ccc(OC)cc2)cc1. The first kappa shape index (κ1) is 22.5. The lowest BCUT2D eigenvalue weighted by Crippen LogP contribution is -2.41. The molecule has 0 aliphatic carbocycles. The molecule has 0 spiro atoms. The van der Waals surface area contributed by atoms with Crippen LogP contribution < -0.4 is 15.2 Å². The zero-order valence-electron chi connectivity index (χ0n) is 19.5. The van der Waals surface area contributed by atoms with Crippen molar-refractivity contribution in [1.29, 1.82) is 5.26 Å². The minimum absolute atomic E-state index is 0.163. The van der Waals surface area contributed by atoms with Crippen LogP contribution in [0.15, 0.2) is 76.9 Å². The minimum atomic E-state index is -0.273. The Morgan fingerprint density at radius 3 is 2.18 bits per heavy atom. The van der Waals surface area contributed by atoms with Gasteiger partial charge in [-0.3, -0.25) is 4.90 Å². The highest BCUT2D eigenvalue weighted by molar-refractivity contribution is 5.63. The summed E-state index contributed by atoms with van der Waals surface area (Å²) in [5.41, 5.74) is 10.8. The summed E-state index contributed by atoms with van der Waals surface area (Å²) in [6, 6.07) is 18.3. The Hall–Kier alpha value is -3.69. The van der Waals surface area contributed by atoms with Crippen molar-refractivity contribution < 1.29 is 14.2 Å². The second kappa shape index (κ2) is 9.43. The Kier molecular flexibility index (Phi) is 6.43. The number of hydrogen-bond donors (Lipinski definition) is 1. The van der Waals surface area contributed by atoms with E-state index in [1.54, 1.807) is 14.2 Å². The second-order valence-corrected chi connectivity index (χ2v) is 8.49. The largest absolute Gasteiger partial charge is 0.497 e. The molecule has 2 aliphatic heterocycles. The summed E-state index contributed by atoms with van der Waals surface area (Å²) >= 11 is 0. The molecule has 1 atom stereocenters. The van der Waals surface area contributed by atoms with E-state index in [1.165, 1.54) is 0 Å². The van der Waals surface area contributed by atoms with Crippen molar-refractivity contribution in [2.75, 3.05) is 27.3 Å². The van der Waals surface area contributed by atoms with E-state index in [1.807, 2.05) is 48.5 Å². The Balaban J connectivity index is 1.84. The highest BCUT2D eigenvalue weighted by Crippen LogP contribution is 2.44. The van der Waals surface area contributed by atoms with E-state index in [2.05, 4.69) is 30.9 Å². The number of allylic oxidation sites excluding steroid dienone is 1. The van der Waals surface area contributed by atoms with E-state index in [4.69, 9.17) is 19.9 Å². The van der Waals surface area contributed by atoms with Gasteiger partial charge in [-0.05, 0) is 60.9 Å². The van der Waals surface area contributed by atoms with Crippen molar-refractivity contribution in [3.63, 3.8) is 0 Å². The van der Waals surface area contributed by atoms with Crippen LogP contribution in [0.25, 0.3) is 6.08 Å². The second-order valence-electron chi connectivity index (χ2n) is 8.49. The third-order valence-corrected chi connectivity index (χ3v) is 6.20. The quantitative estimate of drug-likeness (QED) is 0.729. The first-order valence-corrected chi connectivity index (χ1v) is 11.0. The Morgan fingerprint density at radius 2 is 1.64 bits per heavy atom. The molecule has 0 amide bonds. The summed E-state index contributed by atoms with van der Waals surface area (Å²) in [4.78, 5) is 2.38. The van der Waals surface area contributed by atoms with Gasteiger partial charge in [-0.2, -0.15) is 5.26 Å². The van der Waals surface area contributed by atoms with Crippen molar-refractivity contribution >= 4 is 6.08 Å². The molecule has 170 valence electrons. The van der Waals surface area contributed by atoms with E-state index in [0.717, 1.165) is 46.1 Å². The lowest BCUT2D eigenvalue weighted by molar-refractivity contribution is 0.208. The van der Waals surface area contributed by atoms with Crippen molar-refractivity contribution in [2.45, 2.75) is 25.8 Å². The number of hydrogen-bond acceptors (Lipinski definition) is 6. The lowest BCUT2D eigenvalue weighted by Gasteiger charge is -2.40. The smallest absolute Gasteiger partial charge is 0.205 e. The maximum absolute atomic E-state index is 9.95. The maximum atomic E-state index is 9.95. The predicted octanol–water partition coefficient (Wildman–Crippen LogP) is 4.57. The summed E-state index contributed by atoms with van der Waals surface area (Å²) in [5, 5.41) is 9.95. The summed E-state index contributed by atoms with van der Waals surface area (Å²) in [6.45, 7) is 5.78. The topological polar surface area (TPSA) is 80.7 Å². The van der Waals surface area contributed by atoms with Gasteiger partial charge in [0.05, 0.1) is 20.1 Å². The van der Waals surface area contributed by atoms with E-state index in [0.29, 0.717) is 18.2 Å². The van der Waals surface area contributed by atoms with Gasteiger partial charge in [0.15, 0.2) is 0 Å². The Bertz CT molecular complexity index is 1150. The summed E-state index contributed by atoms with van der Waals surface area (Å²) in [6.07, 6.45) is 2.12. The van der Waals surface area contributed by atoms with Gasteiger partial charge in [-0.1, -0.05) is 24.3 Å². The molecular formula is C27H29N3O3. The summed E-state index contributed by atoms with van der Waals surface area (Å²) in [5.74, 6) is 2.23. The van der Waals surface area contributed by atoms with Crippen LogP contribution in [-0.2, 0) is 4.74 Å². The highest BCUT2D eigenvalue weighted by Gasteiger charge is 2.38. The molecule has 1 unspecified atom stereocenters. The molecule has 0 aromatic heterocycles. The van der Waals surface area contributed by atoms with Crippen molar-refractivity contribution in [3.8, 4) is 17.6 Å². The van der Waals surface area contributed by atoms with Gasteiger partial charge in [0.25, 0.3) is 0 Å². The fourth-order valence-electron chi connectivity index (χ4n) is 4.34. The van der Waals surface area contributed by atoms with Gasteiger partial charge < -0.3 is 19.9 Å². The standard InChI is InChI=1S/C27H29N3O3/c1-17(2)30-15-20(13-18-5-9-21(31-3)10-6-18)26-24(16-30)25(23(14-28)27(29)33-26)19-7-11-22(32-4)12-8-19/h5-13,17,25H,15-16,29H2,1-4H3/b20-13+. The summed E-state index contributed by atoms with van der Waals surface area (Å²) in [7, 11) is 3.30.